The van der Waals surface area contributed by atoms with Gasteiger partial charge in [-0.3, -0.25) is 14.4 Å². The molecule has 5 rings (SSSR count). The Hall–Kier alpha value is -3.47. The van der Waals surface area contributed by atoms with Crippen molar-refractivity contribution in [1.82, 2.24) is 19.3 Å². The fraction of sp³-hybridized carbons (Fsp3) is 0.368. The highest BCUT2D eigenvalue weighted by molar-refractivity contribution is 5.90. The maximum Gasteiger partial charge on any atom is 0.414 e. The van der Waals surface area contributed by atoms with E-state index < -0.39 is 18.0 Å². The normalized spacial score (nSPS) is 19.1. The number of ether oxygens (including phenoxy) is 1. The van der Waals surface area contributed by atoms with Crippen LogP contribution in [-0.2, 0) is 17.8 Å². The molecule has 1 fully saturated rings. The van der Waals surface area contributed by atoms with Crippen LogP contribution < -0.4 is 21.1 Å². The molecule has 2 aliphatic heterocycles. The van der Waals surface area contributed by atoms with Gasteiger partial charge in [0.05, 0.1) is 31.0 Å². The summed E-state index contributed by atoms with van der Waals surface area (Å²) >= 11 is 0. The third kappa shape index (κ3) is 2.89. The van der Waals surface area contributed by atoms with Gasteiger partial charge in [-0.15, -0.1) is 0 Å². The quantitative estimate of drug-likeness (QED) is 0.667. The Bertz CT molecular complexity index is 1190. The van der Waals surface area contributed by atoms with Gasteiger partial charge in [-0.2, -0.15) is 0 Å². The predicted octanol–water partition coefficient (Wildman–Crippen LogP) is 0.536. The van der Waals surface area contributed by atoms with Crippen LogP contribution in [0.25, 0.3) is 11.2 Å². The third-order valence-electron chi connectivity index (χ3n) is 5.54. The smallest absolute Gasteiger partial charge is 0.414 e. The summed E-state index contributed by atoms with van der Waals surface area (Å²) in [4.78, 5) is 36.3. The molecule has 0 spiro atoms. The second-order valence-corrected chi connectivity index (χ2v) is 7.25. The van der Waals surface area contributed by atoms with Gasteiger partial charge >= 0.3 is 6.09 Å². The van der Waals surface area contributed by atoms with Gasteiger partial charge in [-0.25, -0.2) is 23.8 Å². The molecule has 1 atom stereocenters. The Balaban J connectivity index is 1.40. The van der Waals surface area contributed by atoms with Crippen molar-refractivity contribution >= 4 is 28.6 Å². The molecule has 4 heterocycles. The number of hydrogen-bond acceptors (Lipinski definition) is 7. The van der Waals surface area contributed by atoms with E-state index in [0.717, 1.165) is 0 Å². The zero-order valence-electron chi connectivity index (χ0n) is 16.1. The number of amides is 1. The van der Waals surface area contributed by atoms with E-state index in [0.29, 0.717) is 55.3 Å². The first-order chi connectivity index (χ1) is 14.6. The molecule has 1 amide bonds. The fourth-order valence-corrected chi connectivity index (χ4v) is 4.02. The van der Waals surface area contributed by atoms with Crippen LogP contribution in [0.15, 0.2) is 35.4 Å². The van der Waals surface area contributed by atoms with E-state index in [2.05, 4.69) is 9.97 Å². The topological polar surface area (TPSA) is 112 Å². The first-order valence-electron chi connectivity index (χ1n) is 9.70. The van der Waals surface area contributed by atoms with E-state index in [9.17, 15) is 14.0 Å². The van der Waals surface area contributed by atoms with Crippen LogP contribution in [0.5, 0.6) is 0 Å². The highest BCUT2D eigenvalue weighted by atomic mass is 19.1. The van der Waals surface area contributed by atoms with E-state index in [1.165, 1.54) is 17.2 Å². The van der Waals surface area contributed by atoms with Crippen molar-refractivity contribution in [2.24, 2.45) is 5.73 Å². The van der Waals surface area contributed by atoms with Gasteiger partial charge < -0.3 is 15.4 Å². The van der Waals surface area contributed by atoms with Crippen molar-refractivity contribution in [2.75, 3.05) is 36.0 Å². The third-order valence-corrected chi connectivity index (χ3v) is 5.54. The molecule has 0 saturated carbocycles. The first-order valence-corrected chi connectivity index (χ1v) is 9.70. The molecule has 0 radical (unpaired) electrons. The largest absolute Gasteiger partial charge is 0.443 e. The van der Waals surface area contributed by atoms with Crippen LogP contribution >= 0.6 is 0 Å². The van der Waals surface area contributed by atoms with Crippen molar-refractivity contribution in [3.63, 3.8) is 0 Å². The number of cyclic esters (lactones) is 1. The van der Waals surface area contributed by atoms with Crippen molar-refractivity contribution in [2.45, 2.75) is 19.2 Å². The maximum absolute atomic E-state index is 15.0. The van der Waals surface area contributed by atoms with Gasteiger partial charge in [0.2, 0.25) is 0 Å². The van der Waals surface area contributed by atoms with Crippen LogP contribution in [0, 0.1) is 5.82 Å². The Morgan fingerprint density at radius 1 is 1.10 bits per heavy atom. The molecule has 2 N–H and O–H groups in total. The number of nitrogens with zero attached hydrogens (tertiary/aromatic N) is 6. The zero-order chi connectivity index (χ0) is 20.8. The molecule has 11 heteroatoms. The summed E-state index contributed by atoms with van der Waals surface area (Å²) in [6, 6.07) is 4.67. The van der Waals surface area contributed by atoms with Crippen LogP contribution in [-0.4, -0.2) is 57.7 Å². The summed E-state index contributed by atoms with van der Waals surface area (Å²) in [6.07, 6.45) is 2.13. The van der Waals surface area contributed by atoms with Crippen molar-refractivity contribution < 1.29 is 13.9 Å². The number of anilines is 2. The number of carbonyl (C=O) groups is 1. The molecular formula is C19H20FN7O3. The standard InChI is InChI=1S/C19H20FN7O3/c20-14-9-12(25-11-13(10-21)30-19(25)29)1-2-15(14)24-5-7-26-17-16(22-3-4-23-17)18(28)27(26)8-6-24/h1-4,9,13H,5-8,10-11,21H2/t13-/m0/s1. The van der Waals surface area contributed by atoms with Crippen LogP contribution in [0.3, 0.4) is 0 Å². The molecule has 30 heavy (non-hydrogen) atoms. The summed E-state index contributed by atoms with van der Waals surface area (Å²) in [5.41, 5.74) is 7.07. The zero-order valence-corrected chi connectivity index (χ0v) is 16.1. The minimum atomic E-state index is -0.529. The van der Waals surface area contributed by atoms with E-state index in [1.807, 2.05) is 4.90 Å². The Morgan fingerprint density at radius 2 is 1.87 bits per heavy atom. The van der Waals surface area contributed by atoms with E-state index in [-0.39, 0.29) is 12.1 Å². The van der Waals surface area contributed by atoms with E-state index in [4.69, 9.17) is 10.5 Å². The van der Waals surface area contributed by atoms with Gasteiger partial charge in [-0.1, -0.05) is 0 Å². The van der Waals surface area contributed by atoms with Crippen LogP contribution in [0.2, 0.25) is 0 Å². The lowest BCUT2D eigenvalue weighted by Gasteiger charge is -2.23. The van der Waals surface area contributed by atoms with Gasteiger partial charge in [0.1, 0.15) is 11.9 Å². The van der Waals surface area contributed by atoms with Crippen LogP contribution in [0.4, 0.5) is 20.6 Å². The number of carbonyl (C=O) groups excluding carboxylic acids is 1. The first kappa shape index (κ1) is 18.6. The van der Waals surface area contributed by atoms with Gasteiger partial charge in [-0.05, 0) is 18.2 Å². The molecule has 2 aliphatic rings. The monoisotopic (exact) mass is 413 g/mol. The maximum atomic E-state index is 15.0. The molecule has 0 aliphatic carbocycles. The van der Waals surface area contributed by atoms with Gasteiger partial charge in [0, 0.05) is 32.0 Å². The fourth-order valence-electron chi connectivity index (χ4n) is 4.02. The summed E-state index contributed by atoms with van der Waals surface area (Å²) < 4.78 is 23.5. The average molecular weight is 413 g/mol. The minimum absolute atomic E-state index is 0.197. The summed E-state index contributed by atoms with van der Waals surface area (Å²) in [5, 5.41) is 0. The van der Waals surface area contributed by atoms with Gasteiger partial charge in [0.25, 0.3) is 5.56 Å². The second-order valence-electron chi connectivity index (χ2n) is 7.25. The highest BCUT2D eigenvalue weighted by Gasteiger charge is 2.32. The summed E-state index contributed by atoms with van der Waals surface area (Å²) in [7, 11) is 0. The summed E-state index contributed by atoms with van der Waals surface area (Å²) in [6.45, 7) is 2.31. The molecule has 1 saturated heterocycles. The molecule has 3 aromatic rings. The second kappa shape index (κ2) is 7.10. The molecule has 10 nitrogen and oxygen atoms in total. The Kier molecular flexibility index (Phi) is 4.39. The molecule has 2 aromatic heterocycles. The van der Waals surface area contributed by atoms with Gasteiger partial charge in [0.15, 0.2) is 11.2 Å². The number of benzene rings is 1. The number of rotatable bonds is 3. The number of hydrogen-bond donors (Lipinski definition) is 1. The lowest BCUT2D eigenvalue weighted by atomic mass is 10.2. The molecule has 1 aromatic carbocycles. The molecule has 0 bridgehead atoms. The highest BCUT2D eigenvalue weighted by Crippen LogP contribution is 2.28. The summed E-state index contributed by atoms with van der Waals surface area (Å²) in [5.74, 6) is -0.444. The number of aromatic nitrogens is 4. The lowest BCUT2D eigenvalue weighted by Crippen LogP contribution is -2.30. The molecular weight excluding hydrogens is 393 g/mol. The molecule has 0 unspecified atom stereocenters. The minimum Gasteiger partial charge on any atom is -0.443 e. The van der Waals surface area contributed by atoms with Crippen molar-refractivity contribution in [1.29, 1.82) is 0 Å². The Labute approximate surface area is 170 Å². The van der Waals surface area contributed by atoms with Crippen molar-refractivity contribution in [3.05, 3.63) is 46.8 Å². The Morgan fingerprint density at radius 3 is 2.60 bits per heavy atom. The average Bonchev–Trinajstić information content (AvgIpc) is 3.16. The van der Waals surface area contributed by atoms with E-state index in [1.54, 1.807) is 27.7 Å². The number of halogens is 1. The lowest BCUT2D eigenvalue weighted by molar-refractivity contribution is 0.145. The van der Waals surface area contributed by atoms with E-state index >= 15 is 0 Å². The predicted molar refractivity (Wildman–Crippen MR) is 107 cm³/mol. The number of fused-ring (bicyclic) bond motifs is 3. The molecule has 156 valence electrons. The number of nitrogens with two attached hydrogens (primary N) is 1. The van der Waals surface area contributed by atoms with Crippen molar-refractivity contribution in [3.8, 4) is 0 Å². The van der Waals surface area contributed by atoms with Crippen LogP contribution in [0.1, 0.15) is 0 Å². The SMILES string of the molecule is NC[C@H]1CN(c2ccc(N3CCn4c(=O)c5nccnc5n4CC3)c(F)c2)C(=O)O1.